The van der Waals surface area contributed by atoms with Gasteiger partial charge < -0.3 is 9.84 Å². The van der Waals surface area contributed by atoms with Gasteiger partial charge in [0.25, 0.3) is 10.0 Å². The van der Waals surface area contributed by atoms with Crippen molar-refractivity contribution >= 4 is 21.7 Å². The summed E-state index contributed by atoms with van der Waals surface area (Å²) in [5, 5.41) is 15.8. The van der Waals surface area contributed by atoms with Gasteiger partial charge in [0, 0.05) is 13.5 Å². The molecule has 0 bridgehead atoms. The number of nitrogens with one attached hydrogen (secondary N) is 1. The Bertz CT molecular complexity index is 816. The van der Waals surface area contributed by atoms with Crippen molar-refractivity contribution in [1.82, 2.24) is 15.0 Å². The van der Waals surface area contributed by atoms with Crippen LogP contribution in [0.3, 0.4) is 0 Å². The molecule has 0 radical (unpaired) electrons. The van der Waals surface area contributed by atoms with Gasteiger partial charge in [0.2, 0.25) is 0 Å². The molecule has 2 N–H and O–H groups in total. The van der Waals surface area contributed by atoms with E-state index in [1.165, 1.54) is 14.2 Å². The first-order valence-corrected chi connectivity index (χ1v) is 8.08. The number of hydrogen-bond acceptors (Lipinski definition) is 6. The summed E-state index contributed by atoms with van der Waals surface area (Å²) in [6.45, 7) is 0. The van der Waals surface area contributed by atoms with Gasteiger partial charge in [-0.3, -0.25) is 9.52 Å². The molecule has 0 aliphatic carbocycles. The maximum absolute atomic E-state index is 12.4. The molecule has 0 aliphatic rings. The minimum atomic E-state index is -3.89. The Morgan fingerprint density at radius 2 is 2.17 bits per heavy atom. The van der Waals surface area contributed by atoms with Crippen molar-refractivity contribution in [2.24, 2.45) is 7.05 Å². The van der Waals surface area contributed by atoms with E-state index >= 15 is 0 Å². The SMILES string of the molecule is COc1ccc(CCC(=O)O)cc1NS(=O)(=O)c1cnnn1C. The molecule has 0 saturated carbocycles. The summed E-state index contributed by atoms with van der Waals surface area (Å²) in [5.74, 6) is -0.605. The summed E-state index contributed by atoms with van der Waals surface area (Å²) in [5.41, 5.74) is 0.894. The molecule has 10 heteroatoms. The van der Waals surface area contributed by atoms with E-state index in [1.807, 2.05) is 0 Å². The van der Waals surface area contributed by atoms with E-state index in [4.69, 9.17) is 9.84 Å². The molecule has 0 aliphatic heterocycles. The minimum Gasteiger partial charge on any atom is -0.495 e. The number of anilines is 1. The first kappa shape index (κ1) is 16.7. The Morgan fingerprint density at radius 3 is 2.74 bits per heavy atom. The van der Waals surface area contributed by atoms with E-state index in [2.05, 4.69) is 15.0 Å². The lowest BCUT2D eigenvalue weighted by Gasteiger charge is -2.13. The molecule has 9 nitrogen and oxygen atoms in total. The highest BCUT2D eigenvalue weighted by molar-refractivity contribution is 7.92. The van der Waals surface area contributed by atoms with Crippen LogP contribution < -0.4 is 9.46 Å². The van der Waals surface area contributed by atoms with E-state index in [0.29, 0.717) is 11.3 Å². The second-order valence-electron chi connectivity index (χ2n) is 4.73. The summed E-state index contributed by atoms with van der Waals surface area (Å²) < 4.78 is 33.4. The quantitative estimate of drug-likeness (QED) is 0.758. The predicted octanol–water partition coefficient (Wildman–Crippen LogP) is 0.642. The number of hydrogen-bond donors (Lipinski definition) is 2. The number of carbonyl (C=O) groups is 1. The molecule has 1 aromatic carbocycles. The molecule has 0 atom stereocenters. The molecule has 0 fully saturated rings. The van der Waals surface area contributed by atoms with Crippen molar-refractivity contribution < 1.29 is 23.1 Å². The third-order valence-electron chi connectivity index (χ3n) is 3.08. The monoisotopic (exact) mass is 340 g/mol. The first-order chi connectivity index (χ1) is 10.8. The number of nitrogens with zero attached hydrogens (tertiary/aromatic N) is 3. The van der Waals surface area contributed by atoms with Gasteiger partial charge in [-0.1, -0.05) is 11.3 Å². The summed E-state index contributed by atoms with van der Waals surface area (Å²) in [6, 6.07) is 4.81. The van der Waals surface area contributed by atoms with E-state index in [0.717, 1.165) is 10.9 Å². The number of sulfonamides is 1. The number of aromatic nitrogens is 3. The molecule has 124 valence electrons. The fourth-order valence-electron chi connectivity index (χ4n) is 1.96. The number of carboxylic acids is 1. The Balaban J connectivity index is 2.32. The highest BCUT2D eigenvalue weighted by Crippen LogP contribution is 2.28. The Hall–Kier alpha value is -2.62. The molecule has 1 aromatic heterocycles. The van der Waals surface area contributed by atoms with Gasteiger partial charge in [-0.2, -0.15) is 8.42 Å². The average molecular weight is 340 g/mol. The van der Waals surface area contributed by atoms with Gasteiger partial charge in [-0.15, -0.1) is 5.10 Å². The Morgan fingerprint density at radius 1 is 1.43 bits per heavy atom. The van der Waals surface area contributed by atoms with Crippen LogP contribution in [-0.4, -0.2) is 41.6 Å². The third-order valence-corrected chi connectivity index (χ3v) is 4.49. The van der Waals surface area contributed by atoms with Crippen LogP contribution >= 0.6 is 0 Å². The molecule has 0 unspecified atom stereocenters. The van der Waals surface area contributed by atoms with E-state index < -0.39 is 16.0 Å². The molecular formula is C13H16N4O5S. The number of methoxy groups -OCH3 is 1. The molecule has 1 heterocycles. The van der Waals surface area contributed by atoms with Crippen LogP contribution in [0, 0.1) is 0 Å². The molecule has 0 amide bonds. The first-order valence-electron chi connectivity index (χ1n) is 6.59. The van der Waals surface area contributed by atoms with Gasteiger partial charge in [0.15, 0.2) is 5.03 Å². The van der Waals surface area contributed by atoms with Crippen LogP contribution in [0.15, 0.2) is 29.4 Å². The highest BCUT2D eigenvalue weighted by Gasteiger charge is 2.21. The van der Waals surface area contributed by atoms with E-state index in [9.17, 15) is 13.2 Å². The molecule has 0 saturated heterocycles. The van der Waals surface area contributed by atoms with Crippen molar-refractivity contribution in [2.45, 2.75) is 17.9 Å². The second kappa shape index (κ2) is 6.65. The highest BCUT2D eigenvalue weighted by atomic mass is 32.2. The van der Waals surface area contributed by atoms with Crippen molar-refractivity contribution in [2.75, 3.05) is 11.8 Å². The molecule has 2 aromatic rings. The number of aryl methyl sites for hydroxylation is 2. The smallest absolute Gasteiger partial charge is 0.303 e. The molecule has 0 spiro atoms. The number of benzene rings is 1. The van der Waals surface area contributed by atoms with Crippen LogP contribution in [-0.2, 0) is 28.3 Å². The zero-order valence-corrected chi connectivity index (χ0v) is 13.4. The minimum absolute atomic E-state index is 0.0514. The fraction of sp³-hybridized carbons (Fsp3) is 0.308. The summed E-state index contributed by atoms with van der Waals surface area (Å²) in [4.78, 5) is 10.6. The van der Waals surface area contributed by atoms with Gasteiger partial charge in [0.1, 0.15) is 5.75 Å². The summed E-state index contributed by atoms with van der Waals surface area (Å²) >= 11 is 0. The lowest BCUT2D eigenvalue weighted by Crippen LogP contribution is -2.17. The van der Waals surface area contributed by atoms with Crippen molar-refractivity contribution in [3.63, 3.8) is 0 Å². The van der Waals surface area contributed by atoms with E-state index in [1.54, 1.807) is 18.2 Å². The fourth-order valence-corrected chi connectivity index (χ4v) is 3.09. The number of rotatable bonds is 7. The van der Waals surface area contributed by atoms with Crippen LogP contribution in [0.2, 0.25) is 0 Å². The van der Waals surface area contributed by atoms with Gasteiger partial charge >= 0.3 is 5.97 Å². The maximum atomic E-state index is 12.4. The van der Waals surface area contributed by atoms with Gasteiger partial charge in [-0.25, -0.2) is 4.68 Å². The largest absolute Gasteiger partial charge is 0.495 e. The molecule has 2 rings (SSSR count). The Labute approximate surface area is 132 Å². The zero-order valence-electron chi connectivity index (χ0n) is 12.6. The summed E-state index contributed by atoms with van der Waals surface area (Å²) in [7, 11) is -1.02. The van der Waals surface area contributed by atoms with Crippen molar-refractivity contribution in [3.8, 4) is 5.75 Å². The number of ether oxygens (including phenoxy) is 1. The van der Waals surface area contributed by atoms with Crippen molar-refractivity contribution in [3.05, 3.63) is 30.0 Å². The normalized spacial score (nSPS) is 11.2. The lowest BCUT2D eigenvalue weighted by molar-refractivity contribution is -0.136. The maximum Gasteiger partial charge on any atom is 0.303 e. The van der Waals surface area contributed by atoms with Crippen LogP contribution in [0.25, 0.3) is 0 Å². The summed E-state index contributed by atoms with van der Waals surface area (Å²) in [6.07, 6.45) is 1.36. The van der Waals surface area contributed by atoms with Crippen LogP contribution in [0.1, 0.15) is 12.0 Å². The number of aliphatic carboxylic acids is 1. The Kier molecular flexibility index (Phi) is 4.84. The van der Waals surface area contributed by atoms with Crippen LogP contribution in [0.5, 0.6) is 5.75 Å². The van der Waals surface area contributed by atoms with Gasteiger partial charge in [-0.05, 0) is 24.1 Å². The lowest BCUT2D eigenvalue weighted by atomic mass is 10.1. The third kappa shape index (κ3) is 3.97. The standard InChI is InChI=1S/C13H16N4O5S/c1-17-12(8-14-16-17)23(20,21)15-10-7-9(4-6-13(18)19)3-5-11(10)22-2/h3,5,7-8,15H,4,6H2,1-2H3,(H,18,19). The topological polar surface area (TPSA) is 123 Å². The van der Waals surface area contributed by atoms with E-state index in [-0.39, 0.29) is 23.6 Å². The van der Waals surface area contributed by atoms with Crippen LogP contribution in [0.4, 0.5) is 5.69 Å². The van der Waals surface area contributed by atoms with Crippen molar-refractivity contribution in [1.29, 1.82) is 0 Å². The zero-order chi connectivity index (χ0) is 17.0. The number of carboxylic acid groups (broad SMARTS) is 1. The molecule has 23 heavy (non-hydrogen) atoms. The van der Waals surface area contributed by atoms with Gasteiger partial charge in [0.05, 0.1) is 19.0 Å². The average Bonchev–Trinajstić information content (AvgIpc) is 2.92. The predicted molar refractivity (Wildman–Crippen MR) is 80.8 cm³/mol. The second-order valence-corrected chi connectivity index (χ2v) is 6.36. The molecular weight excluding hydrogens is 324 g/mol.